The van der Waals surface area contributed by atoms with Crippen molar-refractivity contribution in [1.82, 2.24) is 4.98 Å². The van der Waals surface area contributed by atoms with Crippen LogP contribution in [0.2, 0.25) is 0 Å². The van der Waals surface area contributed by atoms with Crippen LogP contribution in [-0.4, -0.2) is 11.1 Å². The largest absolute Gasteiger partial charge is 0.489 e. The third-order valence-corrected chi connectivity index (χ3v) is 1.42. The highest BCUT2D eigenvalue weighted by Gasteiger charge is 2.23. The van der Waals surface area contributed by atoms with Crippen LogP contribution in [0.25, 0.3) is 0 Å². The summed E-state index contributed by atoms with van der Waals surface area (Å²) in [5.41, 5.74) is 0. The fourth-order valence-electron chi connectivity index (χ4n) is 0.754. The van der Waals surface area contributed by atoms with Gasteiger partial charge in [-0.2, -0.15) is 0 Å². The van der Waals surface area contributed by atoms with Crippen molar-refractivity contribution >= 4 is 0 Å². The van der Waals surface area contributed by atoms with E-state index in [0.29, 0.717) is 6.10 Å². The molecule has 51 valence electrons. The SMILES string of the molecule is [c]1ccc(OC2CC2)cn1. The zero-order valence-corrected chi connectivity index (χ0v) is 5.58. The third kappa shape index (κ3) is 1.26. The number of hydrogen-bond donors (Lipinski definition) is 0. The van der Waals surface area contributed by atoms with Crippen molar-refractivity contribution in [2.75, 3.05) is 0 Å². The monoisotopic (exact) mass is 134 g/mol. The van der Waals surface area contributed by atoms with E-state index in [4.69, 9.17) is 4.74 Å². The van der Waals surface area contributed by atoms with Gasteiger partial charge in [0.05, 0.1) is 18.5 Å². The third-order valence-electron chi connectivity index (χ3n) is 1.42. The number of pyridine rings is 1. The van der Waals surface area contributed by atoms with Crippen LogP contribution in [0.3, 0.4) is 0 Å². The Morgan fingerprint density at radius 2 is 2.50 bits per heavy atom. The van der Waals surface area contributed by atoms with E-state index in [0.717, 1.165) is 5.75 Å². The molecule has 0 saturated heterocycles. The van der Waals surface area contributed by atoms with Gasteiger partial charge in [-0.25, -0.2) is 0 Å². The van der Waals surface area contributed by atoms with Crippen LogP contribution in [0.1, 0.15) is 12.8 Å². The Labute approximate surface area is 59.9 Å². The predicted molar refractivity (Wildman–Crippen MR) is 36.7 cm³/mol. The van der Waals surface area contributed by atoms with Crippen LogP contribution in [0.4, 0.5) is 0 Å². The van der Waals surface area contributed by atoms with E-state index in [9.17, 15) is 0 Å². The second-order valence-corrected chi connectivity index (χ2v) is 2.44. The molecule has 2 heteroatoms. The molecule has 1 aromatic heterocycles. The standard InChI is InChI=1S/C8H8NO/c1-2-8(6-9-5-1)10-7-3-4-7/h1-2,6-7H,3-4H2. The quantitative estimate of drug-likeness (QED) is 0.610. The molecule has 0 bridgehead atoms. The van der Waals surface area contributed by atoms with Crippen molar-refractivity contribution in [3.63, 3.8) is 0 Å². The lowest BCUT2D eigenvalue weighted by Gasteiger charge is -2.00. The van der Waals surface area contributed by atoms with Gasteiger partial charge >= 0.3 is 0 Å². The lowest BCUT2D eigenvalue weighted by atomic mass is 10.5. The molecule has 0 atom stereocenters. The second kappa shape index (κ2) is 2.29. The first-order valence-corrected chi connectivity index (χ1v) is 3.44. The Morgan fingerprint density at radius 1 is 1.60 bits per heavy atom. The van der Waals surface area contributed by atoms with Crippen molar-refractivity contribution in [1.29, 1.82) is 0 Å². The Kier molecular flexibility index (Phi) is 1.31. The van der Waals surface area contributed by atoms with E-state index in [2.05, 4.69) is 11.2 Å². The fraction of sp³-hybridized carbons (Fsp3) is 0.375. The molecule has 2 rings (SSSR count). The van der Waals surface area contributed by atoms with E-state index in [1.165, 1.54) is 12.8 Å². The molecular formula is C8H8NO. The minimum atomic E-state index is 0.462. The first-order chi connectivity index (χ1) is 4.95. The molecular weight excluding hydrogens is 126 g/mol. The molecule has 0 spiro atoms. The minimum absolute atomic E-state index is 0.462. The molecule has 1 heterocycles. The number of aromatic nitrogens is 1. The summed E-state index contributed by atoms with van der Waals surface area (Å²) in [6, 6.07) is 3.64. The van der Waals surface area contributed by atoms with E-state index < -0.39 is 0 Å². The summed E-state index contributed by atoms with van der Waals surface area (Å²) in [5.74, 6) is 0.862. The average molecular weight is 134 g/mol. The van der Waals surface area contributed by atoms with Gasteiger partial charge in [0, 0.05) is 0 Å². The van der Waals surface area contributed by atoms with Crippen LogP contribution in [-0.2, 0) is 0 Å². The van der Waals surface area contributed by atoms with E-state index >= 15 is 0 Å². The molecule has 1 aliphatic rings. The van der Waals surface area contributed by atoms with Gasteiger partial charge in [-0.3, -0.25) is 4.98 Å². The van der Waals surface area contributed by atoms with Crippen molar-refractivity contribution in [2.45, 2.75) is 18.9 Å². The molecule has 1 fully saturated rings. The average Bonchev–Trinajstić information content (AvgIpc) is 2.74. The highest BCUT2D eigenvalue weighted by molar-refractivity contribution is 5.16. The normalized spacial score (nSPS) is 16.8. The zero-order valence-electron chi connectivity index (χ0n) is 5.58. The fourth-order valence-corrected chi connectivity index (χ4v) is 0.754. The molecule has 2 nitrogen and oxygen atoms in total. The molecule has 10 heavy (non-hydrogen) atoms. The summed E-state index contributed by atoms with van der Waals surface area (Å²) < 4.78 is 5.44. The van der Waals surface area contributed by atoms with Crippen LogP contribution < -0.4 is 4.74 Å². The summed E-state index contributed by atoms with van der Waals surface area (Å²) in [4.78, 5) is 3.82. The van der Waals surface area contributed by atoms with Gasteiger partial charge in [-0.05, 0) is 25.0 Å². The number of rotatable bonds is 2. The Bertz CT molecular complexity index is 206. The maximum absolute atomic E-state index is 5.44. The Hall–Kier alpha value is -1.05. The highest BCUT2D eigenvalue weighted by atomic mass is 16.5. The molecule has 0 aromatic carbocycles. The maximum Gasteiger partial charge on any atom is 0.138 e. The molecule has 1 aromatic rings. The molecule has 0 unspecified atom stereocenters. The van der Waals surface area contributed by atoms with Gasteiger partial charge in [-0.1, -0.05) is 0 Å². The minimum Gasteiger partial charge on any atom is -0.489 e. The zero-order chi connectivity index (χ0) is 6.81. The molecule has 0 amide bonds. The van der Waals surface area contributed by atoms with E-state index in [1.54, 1.807) is 12.3 Å². The van der Waals surface area contributed by atoms with Gasteiger partial charge in [0.15, 0.2) is 0 Å². The number of ether oxygens (including phenoxy) is 1. The summed E-state index contributed by atoms with van der Waals surface area (Å²) in [6.45, 7) is 0. The van der Waals surface area contributed by atoms with Crippen molar-refractivity contribution in [3.05, 3.63) is 24.5 Å². The van der Waals surface area contributed by atoms with Crippen molar-refractivity contribution in [3.8, 4) is 5.75 Å². The lowest BCUT2D eigenvalue weighted by molar-refractivity contribution is 0.302. The van der Waals surface area contributed by atoms with E-state index in [-0.39, 0.29) is 0 Å². The van der Waals surface area contributed by atoms with Crippen molar-refractivity contribution in [2.24, 2.45) is 0 Å². The first-order valence-electron chi connectivity index (χ1n) is 3.44. The summed E-state index contributed by atoms with van der Waals surface area (Å²) >= 11 is 0. The summed E-state index contributed by atoms with van der Waals surface area (Å²) in [6.07, 6.45) is 7.24. The molecule has 0 N–H and O–H groups in total. The lowest BCUT2D eigenvalue weighted by Crippen LogP contribution is -1.95. The van der Waals surface area contributed by atoms with Gasteiger partial charge in [0.25, 0.3) is 0 Å². The van der Waals surface area contributed by atoms with Crippen molar-refractivity contribution < 1.29 is 4.74 Å². The maximum atomic E-state index is 5.44. The predicted octanol–water partition coefficient (Wildman–Crippen LogP) is 1.42. The van der Waals surface area contributed by atoms with Gasteiger partial charge in [0.1, 0.15) is 5.75 Å². The van der Waals surface area contributed by atoms with Gasteiger partial charge < -0.3 is 4.74 Å². The van der Waals surface area contributed by atoms with Crippen LogP contribution >= 0.6 is 0 Å². The summed E-state index contributed by atoms with van der Waals surface area (Å²) in [5, 5.41) is 0. The molecule has 1 saturated carbocycles. The van der Waals surface area contributed by atoms with Gasteiger partial charge in [-0.15, -0.1) is 0 Å². The Balaban J connectivity index is 2.03. The molecule has 1 aliphatic carbocycles. The first kappa shape index (κ1) is 5.71. The highest BCUT2D eigenvalue weighted by Crippen LogP contribution is 2.25. The van der Waals surface area contributed by atoms with Crippen LogP contribution in [0.5, 0.6) is 5.75 Å². The van der Waals surface area contributed by atoms with Crippen LogP contribution in [0.15, 0.2) is 18.3 Å². The Morgan fingerprint density at radius 3 is 3.10 bits per heavy atom. The smallest absolute Gasteiger partial charge is 0.138 e. The van der Waals surface area contributed by atoms with E-state index in [1.807, 2.05) is 6.07 Å². The van der Waals surface area contributed by atoms with Gasteiger partial charge in [0.2, 0.25) is 0 Å². The molecule has 1 radical (unpaired) electrons. The summed E-state index contributed by atoms with van der Waals surface area (Å²) in [7, 11) is 0. The number of nitrogens with zero attached hydrogens (tertiary/aromatic N) is 1. The van der Waals surface area contributed by atoms with Crippen LogP contribution in [0, 0.1) is 6.20 Å². The number of hydrogen-bond acceptors (Lipinski definition) is 2. The topological polar surface area (TPSA) is 22.1 Å². The second-order valence-electron chi connectivity index (χ2n) is 2.44. The molecule has 0 aliphatic heterocycles.